The summed E-state index contributed by atoms with van der Waals surface area (Å²) < 4.78 is 85.6. The molecule has 0 N–H and O–H groups in total. The maximum absolute atomic E-state index is 12.9. The number of hydrogen-bond acceptors (Lipinski definition) is 9. The Balaban J connectivity index is 0.000000243. The Labute approximate surface area is 546 Å². The first-order valence-corrected chi connectivity index (χ1v) is 30.9. The molecule has 0 radical (unpaired) electrons. The molecule has 4 unspecified atom stereocenters. The Morgan fingerprint density at radius 3 is 0.851 bits per heavy atom. The first-order valence-electron chi connectivity index (χ1n) is 29.9. The van der Waals surface area contributed by atoms with Gasteiger partial charge in [0.1, 0.15) is 22.8 Å². The van der Waals surface area contributed by atoms with Crippen molar-refractivity contribution in [3.63, 3.8) is 0 Å². The third-order valence-electron chi connectivity index (χ3n) is 18.6. The van der Waals surface area contributed by atoms with E-state index in [1.807, 2.05) is 0 Å². The van der Waals surface area contributed by atoms with Gasteiger partial charge in [-0.1, -0.05) is 180 Å². The first kappa shape index (κ1) is 74.9. The van der Waals surface area contributed by atoms with Crippen molar-refractivity contribution in [1.82, 2.24) is 0 Å². The molecule has 0 heterocycles. The van der Waals surface area contributed by atoms with Crippen molar-refractivity contribution in [3.8, 4) is 0 Å². The Hall–Kier alpha value is -4.60. The maximum Gasteiger partial charge on any atom is 1.00 e. The van der Waals surface area contributed by atoms with Gasteiger partial charge in [-0.2, -0.15) is 8.78 Å². The van der Waals surface area contributed by atoms with E-state index in [0.717, 1.165) is 25.7 Å². The van der Waals surface area contributed by atoms with E-state index in [1.54, 1.807) is 0 Å². The van der Waals surface area contributed by atoms with Crippen molar-refractivity contribution >= 4 is 34.1 Å². The summed E-state index contributed by atoms with van der Waals surface area (Å²) >= 11 is 0. The quantitative estimate of drug-likeness (QED) is 0.0731. The molecule has 0 aliphatic heterocycles. The average molecular weight is 1260 g/mol. The molecule has 0 spiro atoms. The van der Waals surface area contributed by atoms with E-state index in [4.69, 9.17) is 22.1 Å². The zero-order valence-electron chi connectivity index (χ0n) is 54.2. The molecular formula is C71H91ClF4NaO9S+. The van der Waals surface area contributed by atoms with E-state index < -0.39 is 46.1 Å². The number of carbonyl (C=O) groups is 4. The molecule has 12 rings (SSSR count). The summed E-state index contributed by atoms with van der Waals surface area (Å²) in [5, 5.41) is 0. The van der Waals surface area contributed by atoms with E-state index in [9.17, 15) is 36.7 Å². The number of ether oxygens (including phenoxy) is 2. The Morgan fingerprint density at radius 1 is 0.448 bits per heavy atom. The van der Waals surface area contributed by atoms with Crippen LogP contribution in [0.1, 0.15) is 213 Å². The van der Waals surface area contributed by atoms with Crippen molar-refractivity contribution in [2.45, 2.75) is 218 Å². The van der Waals surface area contributed by atoms with Crippen molar-refractivity contribution in [2.24, 2.45) is 35.5 Å². The minimum Gasteiger partial charge on any atom is -1.00 e. The zero-order valence-corrected chi connectivity index (χ0v) is 57.7. The van der Waals surface area contributed by atoms with Crippen molar-refractivity contribution < 1.29 is 101 Å². The Kier molecular flexibility index (Phi) is 24.0. The van der Waals surface area contributed by atoms with Gasteiger partial charge in [0.05, 0.1) is 13.8 Å². The van der Waals surface area contributed by atoms with Crippen molar-refractivity contribution in [2.75, 3.05) is 0 Å². The van der Waals surface area contributed by atoms with E-state index in [1.165, 1.54) is 44.5 Å². The Morgan fingerprint density at radius 2 is 0.655 bits per heavy atom. The molecule has 8 fully saturated rings. The molecule has 0 amide bonds. The SMILES string of the molecule is CC(F)(F)C(=O)OC12CC3CC(C1)C(=O)C(C3)C2.O=C(OC12CC3CC(C1)C(=O)C(C3)C2)[C-](F)F.O=S(=O)=O.[CH2+]C(C)(c1ccc(C(C)(C)C)cc1)c1ccc(C(C)(C)C)cc1.[CH2+]C(C)(c1ccc(C(C)(C)C)cc1)c1ccc(C(C)(C)C)cc1.[Cl-].[Na+]. The van der Waals surface area contributed by atoms with Gasteiger partial charge in [-0.05, 0) is 134 Å². The van der Waals surface area contributed by atoms with E-state index >= 15 is 0 Å². The van der Waals surface area contributed by atoms with Gasteiger partial charge in [0.2, 0.25) is 5.97 Å². The topological polar surface area (TPSA) is 138 Å². The summed E-state index contributed by atoms with van der Waals surface area (Å²) in [6.45, 7) is 40.9. The number of alkyl halides is 2. The second-order valence-corrected chi connectivity index (χ2v) is 30.4. The van der Waals surface area contributed by atoms with Crippen LogP contribution in [0.3, 0.4) is 0 Å². The van der Waals surface area contributed by atoms with Gasteiger partial charge in [0.25, 0.3) is 0 Å². The fourth-order valence-electron chi connectivity index (χ4n) is 13.8. The minimum absolute atomic E-state index is 0. The van der Waals surface area contributed by atoms with Gasteiger partial charge >= 0.3 is 52.1 Å². The zero-order chi connectivity index (χ0) is 63.8. The fourth-order valence-corrected chi connectivity index (χ4v) is 13.8. The van der Waals surface area contributed by atoms with Gasteiger partial charge in [0.15, 0.2) is 10.8 Å². The van der Waals surface area contributed by atoms with Crippen LogP contribution in [0.15, 0.2) is 97.1 Å². The molecule has 8 aliphatic carbocycles. The molecule has 0 aromatic heterocycles. The number of esters is 2. The normalized spacial score (nSPS) is 24.3. The molecule has 470 valence electrons. The summed E-state index contributed by atoms with van der Waals surface area (Å²) in [5.74, 6) is -5.49. The van der Waals surface area contributed by atoms with Crippen LogP contribution in [0.2, 0.25) is 0 Å². The van der Waals surface area contributed by atoms with Gasteiger partial charge < -0.3 is 30.7 Å². The van der Waals surface area contributed by atoms with Crippen LogP contribution >= 0.6 is 0 Å². The van der Waals surface area contributed by atoms with Gasteiger partial charge in [-0.25, -0.2) is 4.79 Å². The number of benzene rings is 4. The second kappa shape index (κ2) is 27.9. The van der Waals surface area contributed by atoms with E-state index in [2.05, 4.69) is 208 Å². The maximum atomic E-state index is 12.9. The van der Waals surface area contributed by atoms with Crippen LogP contribution in [-0.2, 0) is 71.8 Å². The molecule has 8 bridgehead atoms. The molecule has 8 saturated carbocycles. The average Bonchev–Trinajstić information content (AvgIpc) is 0.797. The van der Waals surface area contributed by atoms with Crippen LogP contribution in [0.5, 0.6) is 0 Å². The number of Topliss-reactive ketones (excluding diaryl/α,β-unsaturated/α-hetero) is 2. The van der Waals surface area contributed by atoms with Gasteiger partial charge in [-0.3, -0.25) is 14.4 Å². The van der Waals surface area contributed by atoms with Crippen LogP contribution in [0, 0.1) is 55.8 Å². The summed E-state index contributed by atoms with van der Waals surface area (Å²) in [5.41, 5.74) is 9.18. The number of hydrogen-bond donors (Lipinski definition) is 0. The molecule has 4 aromatic rings. The predicted molar refractivity (Wildman–Crippen MR) is 325 cm³/mol. The minimum atomic E-state index is -3.45. The van der Waals surface area contributed by atoms with Crippen LogP contribution in [-0.4, -0.2) is 53.3 Å². The summed E-state index contributed by atoms with van der Waals surface area (Å²) in [6, 6.07) is 35.7. The third-order valence-corrected chi connectivity index (χ3v) is 18.6. The monoisotopic (exact) mass is 1250 g/mol. The van der Waals surface area contributed by atoms with Gasteiger partial charge in [-0.15, -0.1) is 12.6 Å². The Bertz CT molecular complexity index is 2850. The third kappa shape index (κ3) is 18.8. The van der Waals surface area contributed by atoms with Gasteiger partial charge in [0, 0.05) is 59.3 Å². The van der Waals surface area contributed by atoms with E-state index in [-0.39, 0.29) is 110 Å². The molecule has 8 aliphatic rings. The molecule has 4 aromatic carbocycles. The summed E-state index contributed by atoms with van der Waals surface area (Å²) in [4.78, 5) is 46.1. The largest absolute Gasteiger partial charge is 1.00 e. The molecule has 16 heteroatoms. The fraction of sp³-hybridized carbons (Fsp3) is 0.563. The molecule has 4 atom stereocenters. The van der Waals surface area contributed by atoms with Crippen molar-refractivity contribution in [3.05, 3.63) is 162 Å². The predicted octanol–water partition coefficient (Wildman–Crippen LogP) is 10.3. The van der Waals surface area contributed by atoms with Crippen LogP contribution in [0.4, 0.5) is 17.6 Å². The van der Waals surface area contributed by atoms with Crippen molar-refractivity contribution in [1.29, 1.82) is 0 Å². The number of ketones is 2. The van der Waals surface area contributed by atoms with E-state index in [0.29, 0.717) is 57.3 Å². The summed E-state index contributed by atoms with van der Waals surface area (Å²) in [7, 11) is -3.11. The number of carbonyl (C=O) groups excluding carboxylic acids is 4. The molecular weight excluding hydrogens is 1160 g/mol. The molecule has 87 heavy (non-hydrogen) atoms. The molecule has 0 saturated heterocycles. The molecule has 9 nitrogen and oxygen atoms in total. The second-order valence-electron chi connectivity index (χ2n) is 30.0. The standard InChI is InChI=1S/2C23H31.C13H16F2O3.C12H13F2O3.ClH.Na.O3S/c2*1-21(2,3)17-9-13-19(14-10-17)23(7,8)20-15-11-18(12-16-20)22(4,5)6;1-12(14,15)11(17)18-13-4-7-2-8(5-13)10(16)9(3-7)6-13;13-10(14)11(16)17-12-3-6-1-7(4-12)9(15)8(2-6)5-12;;;1-4(2)3/h2*9-16H,7H2,1-6,8H3;7-9H,2-6H2,1H3;6-8H,1-5H2;1H;;/q2*+1;;-1;;+1;/p-1. The smallest absolute Gasteiger partial charge is 1.00 e. The number of halogens is 5. The number of rotatable bonds is 8. The summed E-state index contributed by atoms with van der Waals surface area (Å²) in [6.07, 6.45) is 4.15. The van der Waals surface area contributed by atoms with Crippen LogP contribution < -0.4 is 42.0 Å². The first-order chi connectivity index (χ1) is 38.9. The van der Waals surface area contributed by atoms with Crippen LogP contribution in [0.25, 0.3) is 0 Å².